The summed E-state index contributed by atoms with van der Waals surface area (Å²) < 4.78 is 3.67. The number of hydrogen-bond acceptors (Lipinski definition) is 6. The molecule has 2 atom stereocenters. The number of nitrogens with zero attached hydrogens (tertiary/aromatic N) is 8. The summed E-state index contributed by atoms with van der Waals surface area (Å²) in [7, 11) is 0. The van der Waals surface area contributed by atoms with Crippen LogP contribution in [0.4, 0.5) is 0 Å². The molecule has 1 N–H and O–H groups in total. The van der Waals surface area contributed by atoms with Crippen LogP contribution in [0.15, 0.2) is 48.5 Å². The molecule has 27 heavy (non-hydrogen) atoms. The van der Waals surface area contributed by atoms with Crippen molar-refractivity contribution in [1.29, 1.82) is 0 Å². The zero-order chi connectivity index (χ0) is 18.4. The van der Waals surface area contributed by atoms with Crippen LogP contribution in [0.2, 0.25) is 0 Å². The maximum Gasteiger partial charge on any atom is 0.175 e. The molecule has 2 unspecified atom stereocenters. The largest absolute Gasteiger partial charge is 0.261 e. The molecule has 0 amide bonds. The minimum absolute atomic E-state index is 0.127. The first-order valence-corrected chi connectivity index (χ1v) is 8.74. The number of rotatable bonds is 4. The van der Waals surface area contributed by atoms with Gasteiger partial charge in [0.25, 0.3) is 0 Å². The van der Waals surface area contributed by atoms with E-state index in [4.69, 9.17) is 4.98 Å². The highest BCUT2D eigenvalue weighted by molar-refractivity contribution is 5.74. The van der Waals surface area contributed by atoms with E-state index in [1.54, 1.807) is 0 Å². The molecule has 0 radical (unpaired) electrons. The standard InChI is InChI=1S/C18H17N9/c1-11(26-15-9-5-3-7-13(15)20-24-26)17-19-18(23-22-17)12(2)27-16-10-6-4-8-14(16)21-25-27/h3-12H,1-2H3,(H,19,22,23). The zero-order valence-electron chi connectivity index (χ0n) is 14.9. The predicted molar refractivity (Wildman–Crippen MR) is 99.1 cm³/mol. The number of hydrogen-bond donors (Lipinski definition) is 1. The number of nitrogens with one attached hydrogen (secondary N) is 1. The SMILES string of the molecule is CC(c1n[nH]c(C(C)n2nnc3ccccc32)n1)n1nnc2ccccc21. The topological polar surface area (TPSA) is 103 Å². The van der Waals surface area contributed by atoms with Gasteiger partial charge in [-0.1, -0.05) is 34.7 Å². The molecule has 5 rings (SSSR count). The summed E-state index contributed by atoms with van der Waals surface area (Å²) >= 11 is 0. The molecule has 9 nitrogen and oxygen atoms in total. The first kappa shape index (κ1) is 15.6. The molecule has 0 aliphatic heterocycles. The van der Waals surface area contributed by atoms with Crippen LogP contribution in [0.5, 0.6) is 0 Å². The maximum absolute atomic E-state index is 4.69. The number of H-pyrrole nitrogens is 1. The van der Waals surface area contributed by atoms with Crippen LogP contribution in [0.1, 0.15) is 37.6 Å². The third-order valence-electron chi connectivity index (χ3n) is 4.78. The molecule has 9 heteroatoms. The van der Waals surface area contributed by atoms with E-state index in [1.165, 1.54) is 0 Å². The van der Waals surface area contributed by atoms with Crippen LogP contribution in [0.25, 0.3) is 22.1 Å². The highest BCUT2D eigenvalue weighted by atomic mass is 15.5. The quantitative estimate of drug-likeness (QED) is 0.529. The molecule has 0 aliphatic rings. The molecular weight excluding hydrogens is 342 g/mol. The molecule has 3 aromatic heterocycles. The van der Waals surface area contributed by atoms with Crippen LogP contribution in [-0.4, -0.2) is 45.2 Å². The Morgan fingerprint density at radius 1 is 0.778 bits per heavy atom. The first-order chi connectivity index (χ1) is 13.2. The van der Waals surface area contributed by atoms with Crippen LogP contribution in [-0.2, 0) is 0 Å². The van der Waals surface area contributed by atoms with Crippen molar-refractivity contribution in [2.45, 2.75) is 25.9 Å². The Morgan fingerprint density at radius 3 is 1.96 bits per heavy atom. The van der Waals surface area contributed by atoms with Gasteiger partial charge >= 0.3 is 0 Å². The minimum atomic E-state index is -0.151. The minimum Gasteiger partial charge on any atom is -0.261 e. The van der Waals surface area contributed by atoms with Gasteiger partial charge in [0, 0.05) is 0 Å². The Labute approximate surface area is 154 Å². The number of para-hydroxylation sites is 2. The van der Waals surface area contributed by atoms with Gasteiger partial charge in [-0.3, -0.25) is 5.10 Å². The molecule has 134 valence electrons. The van der Waals surface area contributed by atoms with E-state index in [1.807, 2.05) is 71.7 Å². The van der Waals surface area contributed by atoms with Gasteiger partial charge in [0.1, 0.15) is 28.9 Å². The van der Waals surface area contributed by atoms with Gasteiger partial charge in [-0.25, -0.2) is 14.3 Å². The predicted octanol–water partition coefficient (Wildman–Crippen LogP) is 2.51. The van der Waals surface area contributed by atoms with Gasteiger partial charge in [-0.05, 0) is 38.1 Å². The van der Waals surface area contributed by atoms with E-state index < -0.39 is 0 Å². The second-order valence-electron chi connectivity index (χ2n) is 6.48. The number of aromatic amines is 1. The smallest absolute Gasteiger partial charge is 0.175 e. The number of benzene rings is 2. The van der Waals surface area contributed by atoms with E-state index in [2.05, 4.69) is 30.8 Å². The summed E-state index contributed by atoms with van der Waals surface area (Å²) in [5, 5.41) is 24.4. The zero-order valence-corrected chi connectivity index (χ0v) is 14.9. The molecule has 3 heterocycles. The fourth-order valence-electron chi connectivity index (χ4n) is 3.23. The second kappa shape index (κ2) is 5.97. The second-order valence-corrected chi connectivity index (χ2v) is 6.48. The van der Waals surface area contributed by atoms with Crippen molar-refractivity contribution in [3.63, 3.8) is 0 Å². The van der Waals surface area contributed by atoms with E-state index in [0.717, 1.165) is 27.9 Å². The Hall–Kier alpha value is -3.62. The Morgan fingerprint density at radius 2 is 1.33 bits per heavy atom. The van der Waals surface area contributed by atoms with Crippen molar-refractivity contribution in [1.82, 2.24) is 45.2 Å². The summed E-state index contributed by atoms with van der Waals surface area (Å²) in [4.78, 5) is 4.69. The van der Waals surface area contributed by atoms with Gasteiger partial charge < -0.3 is 0 Å². The monoisotopic (exact) mass is 359 g/mol. The van der Waals surface area contributed by atoms with Gasteiger partial charge in [-0.15, -0.1) is 10.2 Å². The van der Waals surface area contributed by atoms with Crippen LogP contribution < -0.4 is 0 Å². The molecule has 0 spiro atoms. The molecule has 5 aromatic rings. The number of fused-ring (bicyclic) bond motifs is 2. The lowest BCUT2D eigenvalue weighted by Crippen LogP contribution is -2.12. The van der Waals surface area contributed by atoms with Crippen LogP contribution >= 0.6 is 0 Å². The maximum atomic E-state index is 4.69. The van der Waals surface area contributed by atoms with Crippen molar-refractivity contribution in [2.24, 2.45) is 0 Å². The van der Waals surface area contributed by atoms with Crippen molar-refractivity contribution in [3.05, 3.63) is 60.2 Å². The lowest BCUT2D eigenvalue weighted by molar-refractivity contribution is 0.525. The third kappa shape index (κ3) is 2.47. The Kier molecular flexibility index (Phi) is 3.46. The average Bonchev–Trinajstić information content (AvgIpc) is 3.44. The summed E-state index contributed by atoms with van der Waals surface area (Å²) in [6.45, 7) is 4.02. The first-order valence-electron chi connectivity index (χ1n) is 8.74. The summed E-state index contributed by atoms with van der Waals surface area (Å²) in [5.74, 6) is 1.37. The molecule has 2 aromatic carbocycles. The number of aromatic nitrogens is 9. The average molecular weight is 359 g/mol. The van der Waals surface area contributed by atoms with Crippen molar-refractivity contribution in [2.75, 3.05) is 0 Å². The fraction of sp³-hybridized carbons (Fsp3) is 0.222. The third-order valence-corrected chi connectivity index (χ3v) is 4.78. The molecular formula is C18H17N9. The summed E-state index contributed by atoms with van der Waals surface area (Å²) in [6.07, 6.45) is 0. The van der Waals surface area contributed by atoms with E-state index in [0.29, 0.717) is 5.82 Å². The molecule has 0 saturated carbocycles. The Balaban J connectivity index is 1.49. The van der Waals surface area contributed by atoms with Crippen molar-refractivity contribution >= 4 is 22.1 Å². The highest BCUT2D eigenvalue weighted by Crippen LogP contribution is 2.22. The van der Waals surface area contributed by atoms with Gasteiger partial charge in [0.15, 0.2) is 5.82 Å². The Bertz CT molecular complexity index is 1140. The van der Waals surface area contributed by atoms with Gasteiger partial charge in [0.05, 0.1) is 11.0 Å². The van der Waals surface area contributed by atoms with Crippen LogP contribution in [0.3, 0.4) is 0 Å². The molecule has 0 saturated heterocycles. The fourth-order valence-corrected chi connectivity index (χ4v) is 3.23. The van der Waals surface area contributed by atoms with Crippen molar-refractivity contribution < 1.29 is 0 Å². The summed E-state index contributed by atoms with van der Waals surface area (Å²) in [5.41, 5.74) is 3.61. The highest BCUT2D eigenvalue weighted by Gasteiger charge is 2.21. The normalized spacial score (nSPS) is 14.0. The molecule has 0 aliphatic carbocycles. The lowest BCUT2D eigenvalue weighted by Gasteiger charge is -2.10. The lowest BCUT2D eigenvalue weighted by atomic mass is 10.2. The van der Waals surface area contributed by atoms with E-state index >= 15 is 0 Å². The van der Waals surface area contributed by atoms with E-state index in [-0.39, 0.29) is 12.1 Å². The van der Waals surface area contributed by atoms with Gasteiger partial charge in [-0.2, -0.15) is 5.10 Å². The van der Waals surface area contributed by atoms with Gasteiger partial charge in [0.2, 0.25) is 0 Å². The molecule has 0 fully saturated rings. The van der Waals surface area contributed by atoms with E-state index in [9.17, 15) is 0 Å². The molecule has 0 bridgehead atoms. The van der Waals surface area contributed by atoms with Crippen molar-refractivity contribution in [3.8, 4) is 0 Å². The van der Waals surface area contributed by atoms with Crippen LogP contribution in [0, 0.1) is 0 Å². The summed E-state index contributed by atoms with van der Waals surface area (Å²) in [6, 6.07) is 15.4.